The smallest absolute Gasteiger partial charge is 0.251 e. The van der Waals surface area contributed by atoms with Crippen LogP contribution in [0.25, 0.3) is 0 Å². The first kappa shape index (κ1) is 17.6. The lowest BCUT2D eigenvalue weighted by molar-refractivity contribution is -0.123. The zero-order valence-electron chi connectivity index (χ0n) is 13.8. The summed E-state index contributed by atoms with van der Waals surface area (Å²) >= 11 is 0. The van der Waals surface area contributed by atoms with E-state index in [1.165, 1.54) is 16.8 Å². The zero-order chi connectivity index (χ0) is 17.5. The molecule has 1 N–H and O–H groups in total. The van der Waals surface area contributed by atoms with Crippen molar-refractivity contribution in [2.45, 2.75) is 6.04 Å². The number of hydrogen-bond acceptors (Lipinski definition) is 4. The second kappa shape index (κ2) is 8.21. The fraction of sp³-hybridized carbons (Fsp3) is 0.278. The van der Waals surface area contributed by atoms with Gasteiger partial charge in [0.25, 0.3) is 11.5 Å². The summed E-state index contributed by atoms with van der Waals surface area (Å²) in [6.07, 6.45) is 1.46. The maximum Gasteiger partial charge on any atom is 0.251 e. The first-order valence-electron chi connectivity index (χ1n) is 7.69. The third kappa shape index (κ3) is 4.39. The van der Waals surface area contributed by atoms with Gasteiger partial charge >= 0.3 is 0 Å². The van der Waals surface area contributed by atoms with E-state index < -0.39 is 23.3 Å². The van der Waals surface area contributed by atoms with Crippen molar-refractivity contribution < 1.29 is 9.59 Å². The number of ketones is 1. The van der Waals surface area contributed by atoms with E-state index in [1.54, 1.807) is 42.5 Å². The van der Waals surface area contributed by atoms with Gasteiger partial charge in [0.15, 0.2) is 11.8 Å². The van der Waals surface area contributed by atoms with Gasteiger partial charge < -0.3 is 10.2 Å². The molecule has 1 heterocycles. The Labute approximate surface area is 140 Å². The van der Waals surface area contributed by atoms with Crippen molar-refractivity contribution in [3.05, 3.63) is 70.6 Å². The fourth-order valence-corrected chi connectivity index (χ4v) is 2.28. The van der Waals surface area contributed by atoms with Gasteiger partial charge in [0, 0.05) is 30.9 Å². The predicted molar refractivity (Wildman–Crippen MR) is 92.1 cm³/mol. The van der Waals surface area contributed by atoms with Crippen LogP contribution in [-0.4, -0.2) is 48.3 Å². The van der Waals surface area contributed by atoms with Crippen LogP contribution in [0.2, 0.25) is 0 Å². The molecule has 24 heavy (non-hydrogen) atoms. The number of pyridine rings is 1. The minimum absolute atomic E-state index is 0.390. The predicted octanol–water partition coefficient (Wildman–Crippen LogP) is 0.950. The molecule has 6 heteroatoms. The van der Waals surface area contributed by atoms with Gasteiger partial charge in [0.1, 0.15) is 0 Å². The van der Waals surface area contributed by atoms with Gasteiger partial charge in [-0.25, -0.2) is 0 Å². The van der Waals surface area contributed by atoms with Gasteiger partial charge in [-0.2, -0.15) is 0 Å². The third-order valence-electron chi connectivity index (χ3n) is 3.54. The van der Waals surface area contributed by atoms with Crippen LogP contribution in [0.5, 0.6) is 0 Å². The van der Waals surface area contributed by atoms with Crippen LogP contribution < -0.4 is 10.9 Å². The summed E-state index contributed by atoms with van der Waals surface area (Å²) in [5, 5.41) is 2.73. The molecule has 2 aromatic rings. The standard InChI is InChI=1S/C18H21N3O3/c1-20(2)13-11-19-18(24)16(21-12-7-6-10-15(21)22)17(23)14-8-4-3-5-9-14/h3-10,12,16H,11,13H2,1-2H3,(H,19,24)/t16-/m1/s1. The second-order valence-electron chi connectivity index (χ2n) is 5.67. The van der Waals surface area contributed by atoms with Crippen molar-refractivity contribution >= 4 is 11.7 Å². The lowest BCUT2D eigenvalue weighted by atomic mass is 10.0. The van der Waals surface area contributed by atoms with Crippen molar-refractivity contribution in [1.29, 1.82) is 0 Å². The molecule has 6 nitrogen and oxygen atoms in total. The number of hydrogen-bond donors (Lipinski definition) is 1. The van der Waals surface area contributed by atoms with Gasteiger partial charge in [-0.05, 0) is 20.2 Å². The number of amides is 1. The number of carbonyl (C=O) groups is 2. The highest BCUT2D eigenvalue weighted by atomic mass is 16.2. The third-order valence-corrected chi connectivity index (χ3v) is 3.54. The zero-order valence-corrected chi connectivity index (χ0v) is 13.8. The number of likely N-dealkylation sites (N-methyl/N-ethyl adjacent to an activating group) is 1. The molecule has 0 spiro atoms. The van der Waals surface area contributed by atoms with E-state index in [9.17, 15) is 14.4 Å². The molecule has 0 aliphatic heterocycles. The lowest BCUT2D eigenvalue weighted by Gasteiger charge is -2.19. The minimum atomic E-state index is -1.22. The molecule has 1 amide bonds. The molecule has 1 aromatic heterocycles. The summed E-state index contributed by atoms with van der Waals surface area (Å²) < 4.78 is 1.17. The van der Waals surface area contributed by atoms with Crippen molar-refractivity contribution in [2.24, 2.45) is 0 Å². The van der Waals surface area contributed by atoms with E-state index in [2.05, 4.69) is 5.32 Å². The van der Waals surface area contributed by atoms with Crippen LogP contribution in [0.1, 0.15) is 16.4 Å². The molecule has 0 saturated carbocycles. The summed E-state index contributed by atoms with van der Waals surface area (Å²) in [5.74, 6) is -0.898. The molecule has 0 aliphatic carbocycles. The number of rotatable bonds is 7. The lowest BCUT2D eigenvalue weighted by Crippen LogP contribution is -2.43. The summed E-state index contributed by atoms with van der Waals surface area (Å²) in [5.41, 5.74) is -0.00412. The number of aromatic nitrogens is 1. The molecule has 2 rings (SSSR count). The van der Waals surface area contributed by atoms with Crippen LogP contribution in [0.3, 0.4) is 0 Å². The van der Waals surface area contributed by atoms with Crippen LogP contribution in [0.15, 0.2) is 59.5 Å². The van der Waals surface area contributed by atoms with Gasteiger partial charge in [-0.15, -0.1) is 0 Å². The van der Waals surface area contributed by atoms with E-state index in [1.807, 2.05) is 19.0 Å². The largest absolute Gasteiger partial charge is 0.353 e. The Morgan fingerprint density at radius 1 is 1.08 bits per heavy atom. The SMILES string of the molecule is CN(C)CCNC(=O)[C@@H](C(=O)c1ccccc1)n1ccccc1=O. The summed E-state index contributed by atoms with van der Waals surface area (Å²) in [7, 11) is 3.78. The van der Waals surface area contributed by atoms with E-state index in [4.69, 9.17) is 0 Å². The van der Waals surface area contributed by atoms with E-state index in [0.29, 0.717) is 18.7 Å². The quantitative estimate of drug-likeness (QED) is 0.607. The Hall–Kier alpha value is -2.73. The number of nitrogens with one attached hydrogen (secondary N) is 1. The average Bonchev–Trinajstić information content (AvgIpc) is 2.57. The van der Waals surface area contributed by atoms with E-state index in [-0.39, 0.29) is 0 Å². The molecule has 126 valence electrons. The Bertz CT molecular complexity index is 753. The van der Waals surface area contributed by atoms with Crippen LogP contribution in [-0.2, 0) is 4.79 Å². The average molecular weight is 327 g/mol. The van der Waals surface area contributed by atoms with Crippen molar-refractivity contribution in [3.8, 4) is 0 Å². The molecule has 0 unspecified atom stereocenters. The Morgan fingerprint density at radius 3 is 2.38 bits per heavy atom. The molecule has 0 bridgehead atoms. The van der Waals surface area contributed by atoms with Crippen molar-refractivity contribution in [1.82, 2.24) is 14.8 Å². The maximum atomic E-state index is 12.8. The first-order valence-corrected chi connectivity index (χ1v) is 7.69. The summed E-state index contributed by atoms with van der Waals surface area (Å²) in [4.78, 5) is 39.4. The topological polar surface area (TPSA) is 71.4 Å². The molecule has 1 aromatic carbocycles. The normalized spacial score (nSPS) is 12.0. The maximum absolute atomic E-state index is 12.8. The highest BCUT2D eigenvalue weighted by molar-refractivity contribution is 6.11. The molecular formula is C18H21N3O3. The molecule has 0 aliphatic rings. The second-order valence-corrected chi connectivity index (χ2v) is 5.67. The molecule has 1 atom stereocenters. The summed E-state index contributed by atoms with van der Waals surface area (Å²) in [6, 6.07) is 11.8. The van der Waals surface area contributed by atoms with Crippen LogP contribution in [0, 0.1) is 0 Å². The highest BCUT2D eigenvalue weighted by Crippen LogP contribution is 2.13. The van der Waals surface area contributed by atoms with Crippen LogP contribution in [0.4, 0.5) is 0 Å². The van der Waals surface area contributed by atoms with Gasteiger partial charge in [-0.1, -0.05) is 36.4 Å². The molecule has 0 saturated heterocycles. The van der Waals surface area contributed by atoms with Gasteiger partial charge in [0.05, 0.1) is 0 Å². The summed E-state index contributed by atoms with van der Waals surface area (Å²) in [6.45, 7) is 1.04. The highest BCUT2D eigenvalue weighted by Gasteiger charge is 2.29. The van der Waals surface area contributed by atoms with Gasteiger partial charge in [0.2, 0.25) is 0 Å². The molecular weight excluding hydrogens is 306 g/mol. The van der Waals surface area contributed by atoms with Crippen molar-refractivity contribution in [2.75, 3.05) is 27.2 Å². The molecule has 0 fully saturated rings. The number of nitrogens with zero attached hydrogens (tertiary/aromatic N) is 2. The van der Waals surface area contributed by atoms with Crippen LogP contribution >= 0.6 is 0 Å². The number of Topliss-reactive ketones (excluding diaryl/α,β-unsaturated/α-hetero) is 1. The minimum Gasteiger partial charge on any atom is -0.353 e. The number of benzene rings is 1. The number of carbonyl (C=O) groups excluding carboxylic acids is 2. The Balaban J connectivity index is 2.32. The first-order chi connectivity index (χ1) is 11.5. The van der Waals surface area contributed by atoms with E-state index >= 15 is 0 Å². The fourth-order valence-electron chi connectivity index (χ4n) is 2.28. The Morgan fingerprint density at radius 2 is 1.75 bits per heavy atom. The molecule has 0 radical (unpaired) electrons. The van der Waals surface area contributed by atoms with Crippen molar-refractivity contribution in [3.63, 3.8) is 0 Å². The monoisotopic (exact) mass is 327 g/mol. The van der Waals surface area contributed by atoms with Gasteiger partial charge in [-0.3, -0.25) is 19.0 Å². The van der Waals surface area contributed by atoms with E-state index in [0.717, 1.165) is 0 Å². The Kier molecular flexibility index (Phi) is 6.03.